The van der Waals surface area contributed by atoms with Gasteiger partial charge in [0.15, 0.2) is 0 Å². The fourth-order valence-electron chi connectivity index (χ4n) is 1.91. The predicted octanol–water partition coefficient (Wildman–Crippen LogP) is 2.72. The van der Waals surface area contributed by atoms with E-state index < -0.39 is 18.1 Å². The summed E-state index contributed by atoms with van der Waals surface area (Å²) < 4.78 is 36.4. The molecular weight excluding hydrogens is 287 g/mol. The lowest BCUT2D eigenvalue weighted by atomic mass is 10.0. The van der Waals surface area contributed by atoms with Crippen molar-refractivity contribution in [3.05, 3.63) is 47.5 Å². The number of hydrogen-bond donors (Lipinski definition) is 2. The molecule has 0 fully saturated rings. The third kappa shape index (κ3) is 3.31. The molecule has 0 radical (unpaired) electrons. The first-order chi connectivity index (χ1) is 9.79. The van der Waals surface area contributed by atoms with E-state index in [4.69, 9.17) is 5.11 Å². The summed E-state index contributed by atoms with van der Waals surface area (Å²) in [4.78, 5) is 21.7. The maximum Gasteiger partial charge on any atom is 0.471 e. The van der Waals surface area contributed by atoms with Crippen LogP contribution in [0.15, 0.2) is 36.4 Å². The van der Waals surface area contributed by atoms with Gasteiger partial charge in [-0.3, -0.25) is 4.79 Å². The van der Waals surface area contributed by atoms with Crippen LogP contribution in [0.5, 0.6) is 0 Å². The number of rotatable bonds is 3. The summed E-state index contributed by atoms with van der Waals surface area (Å²) in [6, 6.07) is 9.10. The number of fused-ring (bicyclic) bond motifs is 1. The van der Waals surface area contributed by atoms with Gasteiger partial charge in [-0.05, 0) is 28.5 Å². The zero-order valence-corrected chi connectivity index (χ0v) is 10.6. The first-order valence-electron chi connectivity index (χ1n) is 5.89. The Morgan fingerprint density at radius 3 is 2.48 bits per heavy atom. The van der Waals surface area contributed by atoms with Crippen molar-refractivity contribution in [1.29, 1.82) is 0 Å². The standard InChI is InChI=1S/C14H10F3NO3/c15-14(16,17)13(21)18-7-10-3-1-2-8-6-9(12(19)20)4-5-11(8)10/h1-6H,7H2,(H,18,21)(H,19,20). The second kappa shape index (κ2) is 5.43. The van der Waals surface area contributed by atoms with E-state index in [2.05, 4.69) is 0 Å². The number of hydrogen-bond acceptors (Lipinski definition) is 2. The quantitative estimate of drug-likeness (QED) is 0.915. The topological polar surface area (TPSA) is 66.4 Å². The van der Waals surface area contributed by atoms with E-state index in [0.717, 1.165) is 0 Å². The van der Waals surface area contributed by atoms with Crippen LogP contribution in [0, 0.1) is 0 Å². The van der Waals surface area contributed by atoms with Gasteiger partial charge < -0.3 is 10.4 Å². The Balaban J connectivity index is 2.29. The van der Waals surface area contributed by atoms with Gasteiger partial charge in [0.2, 0.25) is 0 Å². The van der Waals surface area contributed by atoms with Crippen LogP contribution < -0.4 is 5.32 Å². The van der Waals surface area contributed by atoms with Crippen molar-refractivity contribution in [3.63, 3.8) is 0 Å². The number of amides is 1. The second-order valence-corrected chi connectivity index (χ2v) is 4.34. The number of alkyl halides is 3. The van der Waals surface area contributed by atoms with E-state index in [1.165, 1.54) is 18.2 Å². The fourth-order valence-corrected chi connectivity index (χ4v) is 1.91. The summed E-state index contributed by atoms with van der Waals surface area (Å²) in [6.45, 7) is -0.290. The van der Waals surface area contributed by atoms with Gasteiger partial charge in [0.1, 0.15) is 0 Å². The van der Waals surface area contributed by atoms with Crippen molar-refractivity contribution in [1.82, 2.24) is 5.32 Å². The molecule has 0 aliphatic carbocycles. The molecule has 2 aromatic rings. The second-order valence-electron chi connectivity index (χ2n) is 4.34. The Kier molecular flexibility index (Phi) is 3.84. The number of nitrogens with one attached hydrogen (secondary N) is 1. The van der Waals surface area contributed by atoms with Crippen LogP contribution in [0.3, 0.4) is 0 Å². The highest BCUT2D eigenvalue weighted by molar-refractivity contribution is 5.95. The lowest BCUT2D eigenvalue weighted by Gasteiger charge is -2.10. The maximum atomic E-state index is 12.1. The van der Waals surface area contributed by atoms with Gasteiger partial charge in [0.25, 0.3) is 0 Å². The van der Waals surface area contributed by atoms with E-state index in [-0.39, 0.29) is 12.1 Å². The number of carboxylic acid groups (broad SMARTS) is 1. The summed E-state index contributed by atoms with van der Waals surface area (Å²) in [7, 11) is 0. The zero-order valence-electron chi connectivity index (χ0n) is 10.6. The first kappa shape index (κ1) is 14.8. The van der Waals surface area contributed by atoms with Gasteiger partial charge in [0, 0.05) is 6.54 Å². The van der Waals surface area contributed by atoms with Gasteiger partial charge in [-0.25, -0.2) is 4.79 Å². The van der Waals surface area contributed by atoms with Crippen LogP contribution in [0.2, 0.25) is 0 Å². The minimum atomic E-state index is -4.93. The summed E-state index contributed by atoms with van der Waals surface area (Å²) in [6.07, 6.45) is -4.93. The maximum absolute atomic E-state index is 12.1. The lowest BCUT2D eigenvalue weighted by Crippen LogP contribution is -2.36. The monoisotopic (exact) mass is 297 g/mol. The van der Waals surface area contributed by atoms with Crippen molar-refractivity contribution in [2.75, 3.05) is 0 Å². The van der Waals surface area contributed by atoms with Crippen molar-refractivity contribution in [3.8, 4) is 0 Å². The van der Waals surface area contributed by atoms with E-state index in [9.17, 15) is 22.8 Å². The number of carboxylic acids is 1. The zero-order chi connectivity index (χ0) is 15.6. The van der Waals surface area contributed by atoms with Crippen LogP contribution in [0.25, 0.3) is 10.8 Å². The fraction of sp³-hybridized carbons (Fsp3) is 0.143. The van der Waals surface area contributed by atoms with E-state index in [1.807, 2.05) is 0 Å². The number of halogens is 3. The highest BCUT2D eigenvalue weighted by atomic mass is 19.4. The molecule has 1 amide bonds. The van der Waals surface area contributed by atoms with Crippen LogP contribution in [-0.4, -0.2) is 23.2 Å². The molecule has 2 N–H and O–H groups in total. The van der Waals surface area contributed by atoms with E-state index in [1.54, 1.807) is 23.5 Å². The molecule has 0 saturated heterocycles. The van der Waals surface area contributed by atoms with Crippen LogP contribution in [0.1, 0.15) is 15.9 Å². The normalized spacial score (nSPS) is 11.4. The summed E-state index contributed by atoms with van der Waals surface area (Å²) >= 11 is 0. The molecule has 0 heterocycles. The van der Waals surface area contributed by atoms with Crippen LogP contribution in [-0.2, 0) is 11.3 Å². The molecule has 0 spiro atoms. The van der Waals surface area contributed by atoms with Gasteiger partial charge >= 0.3 is 18.1 Å². The number of carbonyl (C=O) groups excluding carboxylic acids is 1. The molecule has 110 valence electrons. The largest absolute Gasteiger partial charge is 0.478 e. The molecule has 0 atom stereocenters. The van der Waals surface area contributed by atoms with Gasteiger partial charge in [-0.15, -0.1) is 0 Å². The Hall–Kier alpha value is -2.57. The molecule has 0 saturated carbocycles. The van der Waals surface area contributed by atoms with Gasteiger partial charge in [-0.2, -0.15) is 13.2 Å². The summed E-state index contributed by atoms with van der Waals surface area (Å²) in [5, 5.41) is 11.9. The average Bonchev–Trinajstić information content (AvgIpc) is 2.42. The molecule has 0 aliphatic heterocycles. The molecular formula is C14H10F3NO3. The van der Waals surface area contributed by atoms with E-state index in [0.29, 0.717) is 16.3 Å². The van der Waals surface area contributed by atoms with Crippen molar-refractivity contribution >= 4 is 22.6 Å². The van der Waals surface area contributed by atoms with Crippen LogP contribution >= 0.6 is 0 Å². The SMILES string of the molecule is O=C(O)c1ccc2c(CNC(=O)C(F)(F)F)cccc2c1. The Bertz CT molecular complexity index is 710. The van der Waals surface area contributed by atoms with Crippen molar-refractivity contribution < 1.29 is 27.9 Å². The van der Waals surface area contributed by atoms with Crippen LogP contribution in [0.4, 0.5) is 13.2 Å². The molecule has 21 heavy (non-hydrogen) atoms. The Morgan fingerprint density at radius 2 is 1.86 bits per heavy atom. The molecule has 0 bridgehead atoms. The van der Waals surface area contributed by atoms with E-state index >= 15 is 0 Å². The molecule has 4 nitrogen and oxygen atoms in total. The Morgan fingerprint density at radius 1 is 1.14 bits per heavy atom. The number of benzene rings is 2. The smallest absolute Gasteiger partial charge is 0.471 e. The molecule has 2 rings (SSSR count). The first-order valence-corrected chi connectivity index (χ1v) is 5.89. The molecule has 7 heteroatoms. The average molecular weight is 297 g/mol. The number of aromatic carboxylic acids is 1. The highest BCUT2D eigenvalue weighted by Gasteiger charge is 2.38. The summed E-state index contributed by atoms with van der Waals surface area (Å²) in [5.74, 6) is -3.10. The molecule has 0 aromatic heterocycles. The summed E-state index contributed by atoms with van der Waals surface area (Å²) in [5.41, 5.74) is 0.556. The van der Waals surface area contributed by atoms with Gasteiger partial charge in [-0.1, -0.05) is 24.3 Å². The molecule has 2 aromatic carbocycles. The van der Waals surface area contributed by atoms with Gasteiger partial charge in [0.05, 0.1) is 5.56 Å². The minimum absolute atomic E-state index is 0.0824. The third-order valence-electron chi connectivity index (χ3n) is 2.91. The predicted molar refractivity (Wildman–Crippen MR) is 68.8 cm³/mol. The number of carbonyl (C=O) groups is 2. The van der Waals surface area contributed by atoms with Crippen molar-refractivity contribution in [2.24, 2.45) is 0 Å². The lowest BCUT2D eigenvalue weighted by molar-refractivity contribution is -0.173. The third-order valence-corrected chi connectivity index (χ3v) is 2.91. The Labute approximate surface area is 117 Å². The molecule has 0 unspecified atom stereocenters. The molecule has 0 aliphatic rings. The minimum Gasteiger partial charge on any atom is -0.478 e. The van der Waals surface area contributed by atoms with Crippen molar-refractivity contribution in [2.45, 2.75) is 12.7 Å². The highest BCUT2D eigenvalue weighted by Crippen LogP contribution is 2.21.